The van der Waals surface area contributed by atoms with Gasteiger partial charge >= 0.3 is 0 Å². The number of methoxy groups -OCH3 is 1. The van der Waals surface area contributed by atoms with Crippen LogP contribution < -0.4 is 20.3 Å². The molecule has 6 nitrogen and oxygen atoms in total. The van der Waals surface area contributed by atoms with Crippen LogP contribution in [-0.4, -0.2) is 27.1 Å². The first-order valence-electron chi connectivity index (χ1n) is 8.53. The minimum absolute atomic E-state index is 0.00520. The minimum atomic E-state index is -0.433. The summed E-state index contributed by atoms with van der Waals surface area (Å²) in [5.41, 5.74) is 2.74. The number of amides is 1. The standard InChI is InChI=1S/C21H24N4O2/c1-15(16-8-10-20(27-4)11-9-16)24-21(26)17(13-22)14-23-18-6-5-7-19(12-18)25(2)3/h5-12,14-15,23H,1-4H3,(H,24,26)/b17-14-. The smallest absolute Gasteiger partial charge is 0.263 e. The van der Waals surface area contributed by atoms with Crippen LogP contribution in [0.1, 0.15) is 18.5 Å². The maximum absolute atomic E-state index is 12.4. The lowest BCUT2D eigenvalue weighted by Crippen LogP contribution is -2.28. The predicted octanol–water partition coefficient (Wildman–Crippen LogP) is 3.46. The van der Waals surface area contributed by atoms with Crippen molar-refractivity contribution in [1.29, 1.82) is 5.26 Å². The van der Waals surface area contributed by atoms with Crippen molar-refractivity contribution in [3.8, 4) is 11.8 Å². The van der Waals surface area contributed by atoms with Crippen LogP contribution >= 0.6 is 0 Å². The Balaban J connectivity index is 2.05. The van der Waals surface area contributed by atoms with E-state index in [0.717, 1.165) is 22.7 Å². The van der Waals surface area contributed by atoms with Gasteiger partial charge in [-0.25, -0.2) is 0 Å². The lowest BCUT2D eigenvalue weighted by molar-refractivity contribution is -0.117. The van der Waals surface area contributed by atoms with Crippen LogP contribution in [0.25, 0.3) is 0 Å². The van der Waals surface area contributed by atoms with Crippen molar-refractivity contribution in [3.63, 3.8) is 0 Å². The summed E-state index contributed by atoms with van der Waals surface area (Å²) in [7, 11) is 5.50. The van der Waals surface area contributed by atoms with E-state index in [4.69, 9.17) is 4.74 Å². The Bertz CT molecular complexity index is 851. The molecular weight excluding hydrogens is 340 g/mol. The molecular formula is C21H24N4O2. The number of nitrogens with zero attached hydrogens (tertiary/aromatic N) is 2. The minimum Gasteiger partial charge on any atom is -0.497 e. The highest BCUT2D eigenvalue weighted by molar-refractivity contribution is 5.97. The number of anilines is 2. The van der Waals surface area contributed by atoms with Crippen molar-refractivity contribution in [2.75, 3.05) is 31.4 Å². The first kappa shape index (κ1) is 19.9. The van der Waals surface area contributed by atoms with Crippen LogP contribution in [0, 0.1) is 11.3 Å². The third-order valence-corrected chi connectivity index (χ3v) is 4.07. The Kier molecular flexibility index (Phi) is 6.84. The van der Waals surface area contributed by atoms with Crippen LogP contribution in [-0.2, 0) is 4.79 Å². The van der Waals surface area contributed by atoms with Gasteiger partial charge < -0.3 is 20.3 Å². The van der Waals surface area contributed by atoms with Crippen LogP contribution in [0.5, 0.6) is 5.75 Å². The summed E-state index contributed by atoms with van der Waals surface area (Å²) in [5.74, 6) is 0.316. The molecule has 2 aromatic rings. The Morgan fingerprint density at radius 1 is 1.22 bits per heavy atom. The number of benzene rings is 2. The van der Waals surface area contributed by atoms with Gasteiger partial charge in [-0.3, -0.25) is 4.79 Å². The van der Waals surface area contributed by atoms with Gasteiger partial charge in [0.15, 0.2) is 0 Å². The van der Waals surface area contributed by atoms with Gasteiger partial charge in [0.25, 0.3) is 5.91 Å². The zero-order chi connectivity index (χ0) is 19.8. The molecule has 0 bridgehead atoms. The number of carbonyl (C=O) groups is 1. The van der Waals surface area contributed by atoms with Crippen LogP contribution in [0.15, 0.2) is 60.3 Å². The number of nitriles is 1. The summed E-state index contributed by atoms with van der Waals surface area (Å²) in [4.78, 5) is 14.4. The molecule has 27 heavy (non-hydrogen) atoms. The van der Waals surface area contributed by atoms with Gasteiger partial charge in [0.05, 0.1) is 13.2 Å². The lowest BCUT2D eigenvalue weighted by Gasteiger charge is -2.15. The average molecular weight is 364 g/mol. The maximum Gasteiger partial charge on any atom is 0.263 e. The summed E-state index contributed by atoms with van der Waals surface area (Å²) in [5, 5.41) is 15.2. The number of carbonyl (C=O) groups excluding carboxylic acids is 1. The van der Waals surface area contributed by atoms with E-state index in [1.54, 1.807) is 7.11 Å². The van der Waals surface area contributed by atoms with E-state index >= 15 is 0 Å². The predicted molar refractivity (Wildman–Crippen MR) is 108 cm³/mol. The molecule has 2 N–H and O–H groups in total. The molecule has 0 aliphatic rings. The SMILES string of the molecule is COc1ccc(C(C)NC(=O)/C(C#N)=C\Nc2cccc(N(C)C)c2)cc1. The van der Waals surface area contributed by atoms with E-state index in [1.807, 2.05) is 80.5 Å². The molecule has 0 aliphatic carbocycles. The Morgan fingerprint density at radius 3 is 2.52 bits per heavy atom. The molecule has 0 heterocycles. The third-order valence-electron chi connectivity index (χ3n) is 4.07. The largest absolute Gasteiger partial charge is 0.497 e. The summed E-state index contributed by atoms with van der Waals surface area (Å²) >= 11 is 0. The average Bonchev–Trinajstić information content (AvgIpc) is 2.68. The highest BCUT2D eigenvalue weighted by atomic mass is 16.5. The van der Waals surface area contributed by atoms with Crippen LogP contribution in [0.2, 0.25) is 0 Å². The molecule has 1 unspecified atom stereocenters. The molecule has 0 saturated carbocycles. The van der Waals surface area contributed by atoms with Gasteiger partial charge in [0, 0.05) is 31.7 Å². The van der Waals surface area contributed by atoms with Gasteiger partial charge in [-0.15, -0.1) is 0 Å². The van der Waals surface area contributed by atoms with E-state index in [2.05, 4.69) is 10.6 Å². The third kappa shape index (κ3) is 5.51. The number of hydrogen-bond acceptors (Lipinski definition) is 5. The van der Waals surface area contributed by atoms with E-state index in [0.29, 0.717) is 0 Å². The maximum atomic E-state index is 12.4. The van der Waals surface area contributed by atoms with Crippen LogP contribution in [0.3, 0.4) is 0 Å². The molecule has 0 radical (unpaired) electrons. The molecule has 1 atom stereocenters. The first-order valence-corrected chi connectivity index (χ1v) is 8.53. The van der Waals surface area contributed by atoms with Gasteiger partial charge in [-0.2, -0.15) is 5.26 Å². The molecule has 0 spiro atoms. The Hall–Kier alpha value is -3.46. The Labute approximate surface area is 160 Å². The monoisotopic (exact) mass is 364 g/mol. The zero-order valence-electron chi connectivity index (χ0n) is 16.0. The second-order valence-corrected chi connectivity index (χ2v) is 6.23. The van der Waals surface area contributed by atoms with Crippen molar-refractivity contribution in [2.24, 2.45) is 0 Å². The summed E-state index contributed by atoms with van der Waals surface area (Å²) in [6.07, 6.45) is 1.42. The molecule has 0 aliphatic heterocycles. The second-order valence-electron chi connectivity index (χ2n) is 6.23. The van der Waals surface area contributed by atoms with Gasteiger partial charge in [0.1, 0.15) is 17.4 Å². The fourth-order valence-electron chi connectivity index (χ4n) is 2.43. The molecule has 0 fully saturated rings. The highest BCUT2D eigenvalue weighted by Crippen LogP contribution is 2.19. The fourth-order valence-corrected chi connectivity index (χ4v) is 2.43. The van der Waals surface area contributed by atoms with Gasteiger partial charge in [-0.1, -0.05) is 18.2 Å². The van der Waals surface area contributed by atoms with Crippen molar-refractivity contribution in [3.05, 3.63) is 65.9 Å². The lowest BCUT2D eigenvalue weighted by atomic mass is 10.1. The van der Waals surface area contributed by atoms with Crippen molar-refractivity contribution < 1.29 is 9.53 Å². The van der Waals surface area contributed by atoms with E-state index < -0.39 is 5.91 Å². The van der Waals surface area contributed by atoms with Crippen molar-refractivity contribution >= 4 is 17.3 Å². The van der Waals surface area contributed by atoms with Crippen molar-refractivity contribution in [2.45, 2.75) is 13.0 Å². The number of nitrogens with one attached hydrogen (secondary N) is 2. The number of ether oxygens (including phenoxy) is 1. The number of rotatable bonds is 7. The highest BCUT2D eigenvalue weighted by Gasteiger charge is 2.14. The quantitative estimate of drug-likeness (QED) is 0.581. The van der Waals surface area contributed by atoms with Gasteiger partial charge in [-0.05, 0) is 42.8 Å². The van der Waals surface area contributed by atoms with Gasteiger partial charge in [0.2, 0.25) is 0 Å². The van der Waals surface area contributed by atoms with E-state index in [9.17, 15) is 10.1 Å². The number of hydrogen-bond donors (Lipinski definition) is 2. The molecule has 0 aromatic heterocycles. The molecule has 6 heteroatoms. The fraction of sp³-hybridized carbons (Fsp3) is 0.238. The summed E-state index contributed by atoms with van der Waals surface area (Å²) in [6, 6.07) is 16.8. The summed E-state index contributed by atoms with van der Waals surface area (Å²) in [6.45, 7) is 1.86. The van der Waals surface area contributed by atoms with Crippen molar-refractivity contribution in [1.82, 2.24) is 5.32 Å². The molecule has 2 rings (SSSR count). The first-order chi connectivity index (χ1) is 12.9. The normalized spacial score (nSPS) is 11.9. The Morgan fingerprint density at radius 2 is 1.93 bits per heavy atom. The zero-order valence-corrected chi connectivity index (χ0v) is 16.0. The molecule has 1 amide bonds. The van der Waals surface area contributed by atoms with E-state index in [-0.39, 0.29) is 11.6 Å². The topological polar surface area (TPSA) is 77.4 Å². The molecule has 0 saturated heterocycles. The molecule has 2 aromatic carbocycles. The van der Waals surface area contributed by atoms with Crippen LogP contribution in [0.4, 0.5) is 11.4 Å². The molecule has 140 valence electrons. The van der Waals surface area contributed by atoms with E-state index in [1.165, 1.54) is 6.20 Å². The summed E-state index contributed by atoms with van der Waals surface area (Å²) < 4.78 is 5.13. The second kappa shape index (κ2) is 9.30.